The Morgan fingerprint density at radius 3 is 2.51 bits per heavy atom. The molecule has 0 amide bonds. The average molecular weight is 487 g/mol. The smallest absolute Gasteiger partial charge is 0.306 e. The van der Waals surface area contributed by atoms with Crippen molar-refractivity contribution in [1.29, 1.82) is 0 Å². The van der Waals surface area contributed by atoms with E-state index in [1.807, 2.05) is 0 Å². The zero-order chi connectivity index (χ0) is 25.4. The third kappa shape index (κ3) is 5.37. The summed E-state index contributed by atoms with van der Waals surface area (Å²) < 4.78 is 5.70. The summed E-state index contributed by atoms with van der Waals surface area (Å²) in [6, 6.07) is 0. The Kier molecular flexibility index (Phi) is 8.08. The van der Waals surface area contributed by atoms with Crippen molar-refractivity contribution in [3.8, 4) is 0 Å². The second kappa shape index (κ2) is 10.6. The summed E-state index contributed by atoms with van der Waals surface area (Å²) >= 11 is 0. The lowest BCUT2D eigenvalue weighted by atomic mass is 9.47. The monoisotopic (exact) mass is 486 g/mol. The fourth-order valence-electron chi connectivity index (χ4n) is 9.21. The van der Waals surface area contributed by atoms with E-state index in [0.717, 1.165) is 54.8 Å². The number of rotatable bonds is 9. The van der Waals surface area contributed by atoms with Gasteiger partial charge in [-0.15, -0.1) is 0 Å². The Morgan fingerprint density at radius 2 is 1.80 bits per heavy atom. The normalized spacial score (nSPS) is 39.3. The fraction of sp³-hybridized carbons (Fsp3) is 0.871. The Morgan fingerprint density at radius 1 is 1.03 bits per heavy atom. The van der Waals surface area contributed by atoms with Crippen LogP contribution in [-0.4, -0.2) is 23.1 Å². The number of fused-ring (bicyclic) bond motifs is 5. The van der Waals surface area contributed by atoms with Crippen LogP contribution in [0.25, 0.3) is 0 Å². The van der Waals surface area contributed by atoms with Gasteiger partial charge in [-0.05, 0) is 91.3 Å². The van der Waals surface area contributed by atoms with Crippen LogP contribution in [0.3, 0.4) is 0 Å². The van der Waals surface area contributed by atoms with Crippen LogP contribution in [0.15, 0.2) is 11.6 Å². The first-order valence-corrected chi connectivity index (χ1v) is 14.7. The summed E-state index contributed by atoms with van der Waals surface area (Å²) in [5.41, 5.74) is 2.27. The van der Waals surface area contributed by atoms with Crippen LogP contribution < -0.4 is 0 Å². The molecule has 4 aliphatic carbocycles. The Bertz CT molecular complexity index is 815. The van der Waals surface area contributed by atoms with Gasteiger partial charge < -0.3 is 9.84 Å². The molecule has 0 bridgehead atoms. The lowest BCUT2D eigenvalue weighted by Gasteiger charge is -2.58. The maximum atomic E-state index is 12.1. The SMILES string of the molecule is CC(C)CCC[C@@H](C)[C@H]1CCC2[C@@H]3CC=C4C[C@@H](OC(=O)CCC(=O)O)CC[C@]4(C)C3CC[C@@]21C. The molecule has 0 radical (unpaired) electrons. The van der Waals surface area contributed by atoms with E-state index in [2.05, 4.69) is 40.7 Å². The zero-order valence-corrected chi connectivity index (χ0v) is 23.0. The van der Waals surface area contributed by atoms with E-state index in [1.54, 1.807) is 0 Å². The van der Waals surface area contributed by atoms with E-state index in [0.29, 0.717) is 5.41 Å². The number of allylic oxidation sites excluding steroid dienone is 1. The van der Waals surface area contributed by atoms with Crippen LogP contribution in [0.1, 0.15) is 118 Å². The van der Waals surface area contributed by atoms with Crippen LogP contribution in [0, 0.1) is 46.3 Å². The molecule has 0 aromatic heterocycles. The second-order valence-electron chi connectivity index (χ2n) is 13.5. The van der Waals surface area contributed by atoms with Crippen molar-refractivity contribution in [1.82, 2.24) is 0 Å². The lowest BCUT2D eigenvalue weighted by Crippen LogP contribution is -2.51. The van der Waals surface area contributed by atoms with Gasteiger partial charge in [-0.25, -0.2) is 0 Å². The standard InChI is InChI=1S/C31H50O4/c1-20(2)7-6-8-21(3)25-11-12-26-24-10-9-22-19-23(35-29(34)14-13-28(32)33)15-17-30(22,4)27(24)16-18-31(25,26)5/h9,20-21,23-27H,6-8,10-19H2,1-5H3,(H,32,33)/t21-,23+,24+,25-,26?,27?,30+,31-/m1/s1. The zero-order valence-electron chi connectivity index (χ0n) is 23.0. The average Bonchev–Trinajstić information content (AvgIpc) is 3.15. The largest absolute Gasteiger partial charge is 0.481 e. The van der Waals surface area contributed by atoms with Gasteiger partial charge in [-0.3, -0.25) is 9.59 Å². The molecule has 1 N–H and O–H groups in total. The Hall–Kier alpha value is -1.32. The molecule has 0 aromatic carbocycles. The van der Waals surface area contributed by atoms with Crippen molar-refractivity contribution in [2.45, 2.75) is 124 Å². The summed E-state index contributed by atoms with van der Waals surface area (Å²) in [6.07, 6.45) is 16.0. The van der Waals surface area contributed by atoms with Gasteiger partial charge in [0.05, 0.1) is 12.8 Å². The van der Waals surface area contributed by atoms with Crippen LogP contribution in [0.5, 0.6) is 0 Å². The highest BCUT2D eigenvalue weighted by Crippen LogP contribution is 2.67. The summed E-state index contributed by atoms with van der Waals surface area (Å²) in [6.45, 7) is 12.4. The molecule has 0 saturated heterocycles. The Labute approximate surface area is 213 Å². The minimum atomic E-state index is -0.942. The molecule has 8 atom stereocenters. The van der Waals surface area contributed by atoms with E-state index in [9.17, 15) is 9.59 Å². The van der Waals surface area contributed by atoms with Gasteiger partial charge in [0, 0.05) is 6.42 Å². The van der Waals surface area contributed by atoms with Crippen molar-refractivity contribution in [3.63, 3.8) is 0 Å². The number of carbonyl (C=O) groups excluding carboxylic acids is 1. The summed E-state index contributed by atoms with van der Waals surface area (Å²) in [7, 11) is 0. The van der Waals surface area contributed by atoms with Crippen LogP contribution in [-0.2, 0) is 14.3 Å². The molecule has 0 heterocycles. The van der Waals surface area contributed by atoms with Crippen LogP contribution >= 0.6 is 0 Å². The predicted molar refractivity (Wildman–Crippen MR) is 140 cm³/mol. The number of esters is 1. The number of carboxylic acids is 1. The highest BCUT2D eigenvalue weighted by molar-refractivity contribution is 5.76. The molecule has 0 aliphatic heterocycles. The van der Waals surface area contributed by atoms with E-state index in [4.69, 9.17) is 9.84 Å². The molecule has 3 fully saturated rings. The van der Waals surface area contributed by atoms with Crippen molar-refractivity contribution in [2.75, 3.05) is 0 Å². The fourth-order valence-corrected chi connectivity index (χ4v) is 9.21. The molecule has 2 unspecified atom stereocenters. The van der Waals surface area contributed by atoms with Gasteiger partial charge in [-0.2, -0.15) is 0 Å². The number of carbonyl (C=O) groups is 2. The van der Waals surface area contributed by atoms with Gasteiger partial charge in [0.25, 0.3) is 0 Å². The van der Waals surface area contributed by atoms with Gasteiger partial charge in [0.1, 0.15) is 6.10 Å². The number of aliphatic carboxylic acids is 1. The van der Waals surface area contributed by atoms with Crippen LogP contribution in [0.2, 0.25) is 0 Å². The van der Waals surface area contributed by atoms with Crippen molar-refractivity contribution >= 4 is 11.9 Å². The maximum absolute atomic E-state index is 12.1. The predicted octanol–water partition coefficient (Wildman–Crippen LogP) is 7.80. The quantitative estimate of drug-likeness (QED) is 0.267. The molecule has 3 saturated carbocycles. The topological polar surface area (TPSA) is 63.6 Å². The second-order valence-corrected chi connectivity index (χ2v) is 13.5. The third-order valence-corrected chi connectivity index (χ3v) is 11.1. The molecule has 4 nitrogen and oxygen atoms in total. The molecule has 4 rings (SSSR count). The minimum Gasteiger partial charge on any atom is -0.481 e. The number of hydrogen-bond acceptors (Lipinski definition) is 3. The molecule has 35 heavy (non-hydrogen) atoms. The number of carboxylic acid groups (broad SMARTS) is 1. The third-order valence-electron chi connectivity index (χ3n) is 11.1. The first-order valence-electron chi connectivity index (χ1n) is 14.7. The molecule has 0 aromatic rings. The van der Waals surface area contributed by atoms with Crippen LogP contribution in [0.4, 0.5) is 0 Å². The van der Waals surface area contributed by atoms with Gasteiger partial charge in [0.2, 0.25) is 0 Å². The molecule has 198 valence electrons. The first-order chi connectivity index (χ1) is 16.5. The van der Waals surface area contributed by atoms with Gasteiger partial charge in [-0.1, -0.05) is 65.5 Å². The maximum Gasteiger partial charge on any atom is 0.306 e. The Balaban J connectivity index is 1.40. The van der Waals surface area contributed by atoms with Gasteiger partial charge in [0.15, 0.2) is 0 Å². The van der Waals surface area contributed by atoms with E-state index in [1.165, 1.54) is 56.9 Å². The first kappa shape index (κ1) is 26.7. The lowest BCUT2D eigenvalue weighted by molar-refractivity contribution is -0.154. The molecule has 4 heteroatoms. The highest BCUT2D eigenvalue weighted by atomic mass is 16.5. The molecule has 0 spiro atoms. The summed E-state index contributed by atoms with van der Waals surface area (Å²) in [5.74, 6) is 3.68. The van der Waals surface area contributed by atoms with E-state index < -0.39 is 5.97 Å². The number of ether oxygens (including phenoxy) is 1. The molecular formula is C31H50O4. The van der Waals surface area contributed by atoms with E-state index in [-0.39, 0.29) is 30.3 Å². The van der Waals surface area contributed by atoms with E-state index >= 15 is 0 Å². The minimum absolute atomic E-state index is 0.0236. The van der Waals surface area contributed by atoms with Crippen molar-refractivity contribution < 1.29 is 19.4 Å². The summed E-state index contributed by atoms with van der Waals surface area (Å²) in [4.78, 5) is 22.9. The highest BCUT2D eigenvalue weighted by Gasteiger charge is 2.59. The van der Waals surface area contributed by atoms with Crippen molar-refractivity contribution in [3.05, 3.63) is 11.6 Å². The summed E-state index contributed by atoms with van der Waals surface area (Å²) in [5, 5.41) is 8.84. The van der Waals surface area contributed by atoms with Gasteiger partial charge >= 0.3 is 11.9 Å². The van der Waals surface area contributed by atoms with Crippen molar-refractivity contribution in [2.24, 2.45) is 46.3 Å². The molecule has 4 aliphatic rings. The molecular weight excluding hydrogens is 436 g/mol. The number of hydrogen-bond donors (Lipinski definition) is 1.